The molecule has 0 bridgehead atoms. The number of esters is 1. The molecule has 138 valence electrons. The van der Waals surface area contributed by atoms with Crippen molar-refractivity contribution in [2.45, 2.75) is 57.7 Å². The number of carbonyl (C=O) groups excluding carboxylic acids is 2. The highest BCUT2D eigenvalue weighted by Crippen LogP contribution is 2.24. The summed E-state index contributed by atoms with van der Waals surface area (Å²) in [5, 5.41) is 15.6. The summed E-state index contributed by atoms with van der Waals surface area (Å²) in [6.07, 6.45) is 1.91. The van der Waals surface area contributed by atoms with Crippen LogP contribution in [0.5, 0.6) is 5.75 Å². The van der Waals surface area contributed by atoms with E-state index in [-0.39, 0.29) is 29.1 Å². The molecule has 1 unspecified atom stereocenters. The van der Waals surface area contributed by atoms with Gasteiger partial charge >= 0.3 is 5.97 Å². The number of phenolic OH excluding ortho intramolecular Hbond substituents is 1. The predicted molar refractivity (Wildman–Crippen MR) is 95.6 cm³/mol. The molecule has 0 aliphatic carbocycles. The molecule has 3 N–H and O–H groups in total. The van der Waals surface area contributed by atoms with E-state index in [0.717, 1.165) is 24.9 Å². The van der Waals surface area contributed by atoms with Crippen LogP contribution in [0.15, 0.2) is 18.2 Å². The predicted octanol–water partition coefficient (Wildman–Crippen LogP) is 2.17. The number of nitrogens with one attached hydrogen (secondary N) is 2. The van der Waals surface area contributed by atoms with Crippen LogP contribution in [-0.4, -0.2) is 41.2 Å². The molecule has 1 fully saturated rings. The minimum atomic E-state index is -0.824. The lowest BCUT2D eigenvalue weighted by Gasteiger charge is -2.25. The summed E-state index contributed by atoms with van der Waals surface area (Å²) in [4.78, 5) is 24.9. The Bertz CT molecular complexity index is 636. The van der Waals surface area contributed by atoms with Crippen LogP contribution in [0.3, 0.4) is 0 Å². The fourth-order valence-electron chi connectivity index (χ4n) is 2.66. The molecule has 1 aromatic carbocycles. The maximum Gasteiger partial charge on any atom is 0.329 e. The number of hydrogen-bond acceptors (Lipinski definition) is 5. The first-order valence-corrected chi connectivity index (χ1v) is 8.77. The van der Waals surface area contributed by atoms with Crippen LogP contribution in [0.4, 0.5) is 0 Å². The van der Waals surface area contributed by atoms with Crippen molar-refractivity contribution in [2.24, 2.45) is 0 Å². The Morgan fingerprint density at radius 3 is 2.72 bits per heavy atom. The van der Waals surface area contributed by atoms with Crippen LogP contribution in [0.1, 0.15) is 39.2 Å². The van der Waals surface area contributed by atoms with Gasteiger partial charge in [0.1, 0.15) is 17.4 Å². The average Bonchev–Trinajstić information content (AvgIpc) is 3.03. The summed E-state index contributed by atoms with van der Waals surface area (Å²) in [6.45, 7) is 6.13. The Morgan fingerprint density at radius 2 is 2.16 bits per heavy atom. The normalized spacial score (nSPS) is 18.6. The number of benzene rings is 1. The SMILES string of the molecule is CC(C)(C)OC(=O)C(Cc1ccc(O)c(Cl)c1)NC(=O)[C@@H]1CCCN1. The van der Waals surface area contributed by atoms with Gasteiger partial charge in [-0.15, -0.1) is 0 Å². The fourth-order valence-corrected chi connectivity index (χ4v) is 2.86. The number of halogens is 1. The highest BCUT2D eigenvalue weighted by Gasteiger charge is 2.30. The Morgan fingerprint density at radius 1 is 1.44 bits per heavy atom. The lowest BCUT2D eigenvalue weighted by Crippen LogP contribution is -2.50. The van der Waals surface area contributed by atoms with E-state index >= 15 is 0 Å². The van der Waals surface area contributed by atoms with Gasteiger partial charge in [0.15, 0.2) is 0 Å². The van der Waals surface area contributed by atoms with Crippen LogP contribution in [-0.2, 0) is 20.7 Å². The zero-order chi connectivity index (χ0) is 18.6. The van der Waals surface area contributed by atoms with E-state index in [1.165, 1.54) is 6.07 Å². The maximum atomic E-state index is 12.5. The molecule has 25 heavy (non-hydrogen) atoms. The van der Waals surface area contributed by atoms with Gasteiger partial charge in [-0.05, 0) is 57.9 Å². The molecule has 1 heterocycles. The zero-order valence-corrected chi connectivity index (χ0v) is 15.5. The van der Waals surface area contributed by atoms with Gasteiger partial charge in [-0.2, -0.15) is 0 Å². The second-order valence-electron chi connectivity index (χ2n) is 7.23. The molecule has 6 nitrogen and oxygen atoms in total. The number of ether oxygens (including phenoxy) is 1. The second-order valence-corrected chi connectivity index (χ2v) is 7.64. The molecule has 2 atom stereocenters. The molecule has 0 spiro atoms. The Balaban J connectivity index is 2.13. The largest absolute Gasteiger partial charge is 0.506 e. The Labute approximate surface area is 152 Å². The van der Waals surface area contributed by atoms with Crippen LogP contribution < -0.4 is 10.6 Å². The molecule has 1 amide bonds. The second kappa shape index (κ2) is 8.06. The summed E-state index contributed by atoms with van der Waals surface area (Å²) in [7, 11) is 0. The van der Waals surface area contributed by atoms with E-state index in [4.69, 9.17) is 16.3 Å². The van der Waals surface area contributed by atoms with Crippen molar-refractivity contribution in [1.82, 2.24) is 10.6 Å². The number of aromatic hydroxyl groups is 1. The first-order chi connectivity index (χ1) is 11.7. The van der Waals surface area contributed by atoms with Crippen molar-refractivity contribution in [3.05, 3.63) is 28.8 Å². The van der Waals surface area contributed by atoms with E-state index in [1.54, 1.807) is 32.9 Å². The van der Waals surface area contributed by atoms with Crippen LogP contribution >= 0.6 is 11.6 Å². The van der Waals surface area contributed by atoms with Gasteiger partial charge < -0.3 is 20.5 Å². The maximum absolute atomic E-state index is 12.5. The van der Waals surface area contributed by atoms with Crippen molar-refractivity contribution < 1.29 is 19.4 Å². The minimum absolute atomic E-state index is 0.0292. The highest BCUT2D eigenvalue weighted by atomic mass is 35.5. The lowest BCUT2D eigenvalue weighted by molar-refractivity contribution is -0.158. The van der Waals surface area contributed by atoms with E-state index in [9.17, 15) is 14.7 Å². The first kappa shape index (κ1) is 19.5. The van der Waals surface area contributed by atoms with Gasteiger partial charge in [0, 0.05) is 6.42 Å². The smallest absolute Gasteiger partial charge is 0.329 e. The minimum Gasteiger partial charge on any atom is -0.506 e. The third-order valence-electron chi connectivity index (χ3n) is 3.84. The van der Waals surface area contributed by atoms with Crippen LogP contribution in [0.2, 0.25) is 5.02 Å². The van der Waals surface area contributed by atoms with E-state index in [0.29, 0.717) is 0 Å². The Kier molecular flexibility index (Phi) is 6.30. The third kappa shape index (κ3) is 5.90. The topological polar surface area (TPSA) is 87.7 Å². The standard InChI is InChI=1S/C18H25ClN2O4/c1-18(2,3)25-17(24)14(21-16(23)13-5-4-8-20-13)10-11-6-7-15(22)12(19)9-11/h6-7,9,13-14,20,22H,4-5,8,10H2,1-3H3,(H,21,23)/t13-,14?/m0/s1. The fraction of sp³-hybridized carbons (Fsp3) is 0.556. The average molecular weight is 369 g/mol. The highest BCUT2D eigenvalue weighted by molar-refractivity contribution is 6.32. The van der Waals surface area contributed by atoms with Crippen LogP contribution in [0, 0.1) is 0 Å². The van der Waals surface area contributed by atoms with Crippen molar-refractivity contribution in [1.29, 1.82) is 0 Å². The molecule has 0 aromatic heterocycles. The van der Waals surface area contributed by atoms with Crippen molar-refractivity contribution in [3.63, 3.8) is 0 Å². The molecular formula is C18H25ClN2O4. The van der Waals surface area contributed by atoms with E-state index in [2.05, 4.69) is 10.6 Å². The first-order valence-electron chi connectivity index (χ1n) is 8.40. The number of carbonyl (C=O) groups is 2. The molecule has 1 saturated heterocycles. The quantitative estimate of drug-likeness (QED) is 0.693. The number of phenols is 1. The van der Waals surface area contributed by atoms with E-state index < -0.39 is 17.6 Å². The summed E-state index contributed by atoms with van der Waals surface area (Å²) in [5.74, 6) is -0.736. The zero-order valence-electron chi connectivity index (χ0n) is 14.8. The molecule has 1 aliphatic rings. The van der Waals surface area contributed by atoms with Crippen molar-refractivity contribution in [3.8, 4) is 5.75 Å². The number of amides is 1. The van der Waals surface area contributed by atoms with Gasteiger partial charge in [-0.25, -0.2) is 4.79 Å². The van der Waals surface area contributed by atoms with E-state index in [1.807, 2.05) is 0 Å². The molecule has 1 aliphatic heterocycles. The molecule has 0 radical (unpaired) electrons. The molecular weight excluding hydrogens is 344 g/mol. The lowest BCUT2D eigenvalue weighted by atomic mass is 10.0. The van der Waals surface area contributed by atoms with Crippen molar-refractivity contribution >= 4 is 23.5 Å². The monoisotopic (exact) mass is 368 g/mol. The number of rotatable bonds is 5. The van der Waals surface area contributed by atoms with Crippen molar-refractivity contribution in [2.75, 3.05) is 6.54 Å². The molecule has 1 aromatic rings. The number of hydrogen-bond donors (Lipinski definition) is 3. The van der Waals surface area contributed by atoms with Gasteiger partial charge in [0.2, 0.25) is 5.91 Å². The summed E-state index contributed by atoms with van der Waals surface area (Å²) in [5.41, 5.74) is 0.0662. The molecule has 2 rings (SSSR count). The van der Waals surface area contributed by atoms with Gasteiger partial charge in [-0.3, -0.25) is 4.79 Å². The van der Waals surface area contributed by atoms with Gasteiger partial charge in [0.25, 0.3) is 0 Å². The molecule has 0 saturated carbocycles. The van der Waals surface area contributed by atoms with Gasteiger partial charge in [-0.1, -0.05) is 17.7 Å². The Hall–Kier alpha value is -1.79. The molecule has 7 heteroatoms. The van der Waals surface area contributed by atoms with Crippen LogP contribution in [0.25, 0.3) is 0 Å². The summed E-state index contributed by atoms with van der Waals surface area (Å²) in [6, 6.07) is 3.60. The van der Waals surface area contributed by atoms with Gasteiger partial charge in [0.05, 0.1) is 11.1 Å². The third-order valence-corrected chi connectivity index (χ3v) is 4.14. The summed E-state index contributed by atoms with van der Waals surface area (Å²) < 4.78 is 5.43. The summed E-state index contributed by atoms with van der Waals surface area (Å²) >= 11 is 5.93.